The average Bonchev–Trinajstić information content (AvgIpc) is 2.99. The topological polar surface area (TPSA) is 66.5 Å². The van der Waals surface area contributed by atoms with Gasteiger partial charge in [-0.1, -0.05) is 53.5 Å². The quantitative estimate of drug-likeness (QED) is 0.642. The van der Waals surface area contributed by atoms with E-state index in [1.54, 1.807) is 30.3 Å². The van der Waals surface area contributed by atoms with Crippen molar-refractivity contribution in [2.45, 2.75) is 37.5 Å². The average molecular weight is 497 g/mol. The number of alkyl halides is 3. The van der Waals surface area contributed by atoms with Gasteiger partial charge in [-0.25, -0.2) is 0 Å². The van der Waals surface area contributed by atoms with Crippen LogP contribution in [0.3, 0.4) is 0 Å². The number of hydrogen-bond acceptors (Lipinski definition) is 3. The van der Waals surface area contributed by atoms with Crippen molar-refractivity contribution in [2.24, 2.45) is 0 Å². The summed E-state index contributed by atoms with van der Waals surface area (Å²) in [5.74, 6) is -3.48. The molecule has 1 atom stereocenters. The predicted octanol–water partition coefficient (Wildman–Crippen LogP) is 5.07. The molecule has 0 radical (unpaired) electrons. The molecule has 0 saturated carbocycles. The second-order valence-corrected chi connectivity index (χ2v) is 8.65. The molecule has 2 aromatic rings. The van der Waals surface area contributed by atoms with E-state index >= 15 is 0 Å². The number of hydrogen-bond donors (Lipinski definition) is 1. The zero-order chi connectivity index (χ0) is 24.0. The van der Waals surface area contributed by atoms with E-state index in [1.807, 2.05) is 5.32 Å². The van der Waals surface area contributed by atoms with E-state index in [0.717, 1.165) is 11.0 Å². The van der Waals surface area contributed by atoms with Gasteiger partial charge in [-0.05, 0) is 36.6 Å². The van der Waals surface area contributed by atoms with Crippen LogP contribution in [0, 0.1) is 0 Å². The first-order chi connectivity index (χ1) is 15.6. The normalized spacial score (nSPS) is 20.8. The summed E-state index contributed by atoms with van der Waals surface area (Å²) in [6.45, 7) is -0.165. The SMILES string of the molecule is O=C1CCCC2=C1[C@](NC(=O)c1ccc(Cl)cc1Cl)(C(F)(F)F)C(=O)N2Cc1ccccc1. The maximum atomic E-state index is 14.7. The second-order valence-electron chi connectivity index (χ2n) is 7.80. The van der Waals surface area contributed by atoms with Gasteiger partial charge in [0.25, 0.3) is 11.8 Å². The number of benzene rings is 2. The van der Waals surface area contributed by atoms with Crippen LogP contribution in [0.4, 0.5) is 13.2 Å². The van der Waals surface area contributed by atoms with Gasteiger partial charge in [0.1, 0.15) is 0 Å². The van der Waals surface area contributed by atoms with Crippen molar-refractivity contribution in [1.29, 1.82) is 0 Å². The van der Waals surface area contributed by atoms with E-state index in [4.69, 9.17) is 23.2 Å². The molecule has 1 N–H and O–H groups in total. The Hall–Kier alpha value is -2.84. The van der Waals surface area contributed by atoms with Crippen molar-refractivity contribution in [3.8, 4) is 0 Å². The first kappa shape index (κ1) is 23.3. The summed E-state index contributed by atoms with van der Waals surface area (Å²) in [6.07, 6.45) is -5.02. The molecule has 2 amide bonds. The molecule has 5 nitrogen and oxygen atoms in total. The molecule has 0 saturated heterocycles. The number of allylic oxidation sites excluding steroid dienone is 1. The first-order valence-corrected chi connectivity index (χ1v) is 10.8. The third kappa shape index (κ3) is 3.91. The van der Waals surface area contributed by atoms with Crippen molar-refractivity contribution < 1.29 is 27.6 Å². The zero-order valence-corrected chi connectivity index (χ0v) is 18.5. The Morgan fingerprint density at radius 1 is 1.06 bits per heavy atom. The van der Waals surface area contributed by atoms with Crippen molar-refractivity contribution in [2.75, 3.05) is 0 Å². The highest BCUT2D eigenvalue weighted by molar-refractivity contribution is 6.36. The van der Waals surface area contributed by atoms with Crippen LogP contribution in [0.2, 0.25) is 10.0 Å². The fourth-order valence-electron chi connectivity index (χ4n) is 4.25. The van der Waals surface area contributed by atoms with Crippen LogP contribution in [0.1, 0.15) is 35.2 Å². The Morgan fingerprint density at radius 2 is 1.76 bits per heavy atom. The van der Waals surface area contributed by atoms with Gasteiger partial charge in [0.2, 0.25) is 5.54 Å². The Bertz CT molecular complexity index is 1180. The third-order valence-corrected chi connectivity index (χ3v) is 6.28. The smallest absolute Gasteiger partial charge is 0.326 e. The van der Waals surface area contributed by atoms with E-state index in [0.29, 0.717) is 12.0 Å². The summed E-state index contributed by atoms with van der Waals surface area (Å²) in [4.78, 5) is 40.1. The van der Waals surface area contributed by atoms with Crippen molar-refractivity contribution >= 4 is 40.8 Å². The van der Waals surface area contributed by atoms with E-state index in [-0.39, 0.29) is 40.7 Å². The highest BCUT2D eigenvalue weighted by atomic mass is 35.5. The first-order valence-electron chi connectivity index (χ1n) is 10.0. The predicted molar refractivity (Wildman–Crippen MR) is 116 cm³/mol. The molecule has 4 rings (SSSR count). The minimum absolute atomic E-state index is 0.0140. The lowest BCUT2D eigenvalue weighted by molar-refractivity contribution is -0.190. The van der Waals surface area contributed by atoms with Gasteiger partial charge in [-0.15, -0.1) is 0 Å². The molecule has 10 heteroatoms. The van der Waals surface area contributed by atoms with Gasteiger partial charge >= 0.3 is 6.18 Å². The fourth-order valence-corrected chi connectivity index (χ4v) is 4.74. The van der Waals surface area contributed by atoms with Gasteiger partial charge in [0.05, 0.1) is 22.7 Å². The molecule has 2 aromatic carbocycles. The molecule has 0 spiro atoms. The van der Waals surface area contributed by atoms with Crippen molar-refractivity contribution in [3.63, 3.8) is 0 Å². The molecular formula is C23H17Cl2F3N2O3. The molecule has 1 heterocycles. The molecule has 33 heavy (non-hydrogen) atoms. The summed E-state index contributed by atoms with van der Waals surface area (Å²) in [7, 11) is 0. The summed E-state index contributed by atoms with van der Waals surface area (Å²) in [5.41, 5.74) is -3.96. The molecule has 2 aliphatic rings. The number of carbonyl (C=O) groups is 3. The van der Waals surface area contributed by atoms with Gasteiger partial charge in [-0.3, -0.25) is 14.4 Å². The number of nitrogens with one attached hydrogen (secondary N) is 1. The maximum absolute atomic E-state index is 14.7. The molecule has 0 fully saturated rings. The molecule has 0 unspecified atom stereocenters. The van der Waals surface area contributed by atoms with Crippen molar-refractivity contribution in [3.05, 3.63) is 81.0 Å². The van der Waals surface area contributed by atoms with Crippen LogP contribution >= 0.6 is 23.2 Å². The molecule has 172 valence electrons. The van der Waals surface area contributed by atoms with E-state index in [1.165, 1.54) is 12.1 Å². The van der Waals surface area contributed by atoms with E-state index in [9.17, 15) is 27.6 Å². The zero-order valence-electron chi connectivity index (χ0n) is 17.0. The molecule has 0 bridgehead atoms. The van der Waals surface area contributed by atoms with E-state index < -0.39 is 34.9 Å². The third-order valence-electron chi connectivity index (χ3n) is 5.74. The summed E-state index contributed by atoms with van der Waals surface area (Å²) < 4.78 is 44.0. The van der Waals surface area contributed by atoms with Crippen LogP contribution in [0.15, 0.2) is 59.8 Å². The van der Waals surface area contributed by atoms with Gasteiger partial charge in [0.15, 0.2) is 5.78 Å². The number of rotatable bonds is 4. The maximum Gasteiger partial charge on any atom is 0.425 e. The lowest BCUT2D eigenvalue weighted by Gasteiger charge is -2.33. The summed E-state index contributed by atoms with van der Waals surface area (Å²) in [6, 6.07) is 12.1. The van der Waals surface area contributed by atoms with Gasteiger partial charge in [-0.2, -0.15) is 13.2 Å². The number of carbonyl (C=O) groups excluding carboxylic acids is 3. The Balaban J connectivity index is 1.84. The number of ketones is 1. The highest BCUT2D eigenvalue weighted by Crippen LogP contribution is 2.49. The summed E-state index contributed by atoms with van der Waals surface area (Å²) >= 11 is 11.8. The van der Waals surface area contributed by atoms with Crippen LogP contribution in [0.5, 0.6) is 0 Å². The monoisotopic (exact) mass is 496 g/mol. The molecule has 1 aliphatic heterocycles. The summed E-state index contributed by atoms with van der Waals surface area (Å²) in [5, 5.41) is 1.84. The lowest BCUT2D eigenvalue weighted by Crippen LogP contribution is -2.66. The Kier molecular flexibility index (Phi) is 6.01. The molecule has 1 aliphatic carbocycles. The molecule has 0 aromatic heterocycles. The number of halogens is 5. The Morgan fingerprint density at radius 3 is 2.39 bits per heavy atom. The van der Waals surface area contributed by atoms with Crippen LogP contribution in [-0.2, 0) is 16.1 Å². The minimum atomic E-state index is -5.28. The van der Waals surface area contributed by atoms with Crippen LogP contribution < -0.4 is 5.32 Å². The van der Waals surface area contributed by atoms with Gasteiger partial charge in [0, 0.05) is 17.1 Å². The van der Waals surface area contributed by atoms with Gasteiger partial charge < -0.3 is 10.2 Å². The van der Waals surface area contributed by atoms with E-state index in [2.05, 4.69) is 0 Å². The highest BCUT2D eigenvalue weighted by Gasteiger charge is 2.70. The minimum Gasteiger partial charge on any atom is -0.326 e. The number of amides is 2. The Labute approximate surface area is 197 Å². The second kappa shape index (κ2) is 8.50. The molecular weight excluding hydrogens is 480 g/mol. The largest absolute Gasteiger partial charge is 0.425 e. The van der Waals surface area contributed by atoms with Crippen LogP contribution in [-0.4, -0.2) is 34.2 Å². The standard InChI is InChI=1S/C23H17Cl2F3N2O3/c24-14-9-10-15(16(25)11-14)20(32)29-22(23(26,27)28)19-17(7-4-8-18(19)31)30(21(22)33)12-13-5-2-1-3-6-13/h1-3,5-6,9-11H,4,7-8,12H2,(H,29,32)/t22-/m1/s1. The number of Topliss-reactive ketones (excluding diaryl/α,β-unsaturated/α-hetero) is 1. The van der Waals surface area contributed by atoms with Crippen molar-refractivity contribution in [1.82, 2.24) is 10.2 Å². The lowest BCUT2D eigenvalue weighted by atomic mass is 9.82. The van der Waals surface area contributed by atoms with Crippen LogP contribution in [0.25, 0.3) is 0 Å². The number of nitrogens with zero attached hydrogens (tertiary/aromatic N) is 1. The fraction of sp³-hybridized carbons (Fsp3) is 0.261.